The van der Waals surface area contributed by atoms with Gasteiger partial charge in [0.1, 0.15) is 0 Å². The van der Waals surface area contributed by atoms with E-state index in [1.165, 1.54) is 41.8 Å². The van der Waals surface area contributed by atoms with Crippen molar-refractivity contribution in [2.45, 2.75) is 19.3 Å². The molecule has 0 aliphatic carbocycles. The highest BCUT2D eigenvalue weighted by atomic mass is 79.9. The molecule has 4 heteroatoms. The molecule has 1 aliphatic heterocycles. The van der Waals surface area contributed by atoms with Crippen LogP contribution in [0.15, 0.2) is 15.9 Å². The lowest BCUT2D eigenvalue weighted by Gasteiger charge is -2.22. The molecule has 0 atom stereocenters. The lowest BCUT2D eigenvalue weighted by molar-refractivity contribution is 0.361. The molecule has 2 nitrogen and oxygen atoms in total. The third-order valence-corrected chi connectivity index (χ3v) is 4.53. The number of piperidine rings is 1. The van der Waals surface area contributed by atoms with Gasteiger partial charge in [0.25, 0.3) is 0 Å². The molecule has 2 rings (SSSR count). The van der Waals surface area contributed by atoms with Crippen LogP contribution < -0.4 is 10.6 Å². The fraction of sp³-hybridized carbons (Fsp3) is 0.636. The SMILES string of the molecule is Brc1csc(NCCC2CCNCC2)c1. The Morgan fingerprint density at radius 3 is 2.93 bits per heavy atom. The lowest BCUT2D eigenvalue weighted by atomic mass is 9.95. The minimum Gasteiger partial charge on any atom is -0.377 e. The summed E-state index contributed by atoms with van der Waals surface area (Å²) in [7, 11) is 0. The van der Waals surface area contributed by atoms with Crippen LogP contribution in [0, 0.1) is 5.92 Å². The van der Waals surface area contributed by atoms with Crippen molar-refractivity contribution in [3.63, 3.8) is 0 Å². The number of thiophene rings is 1. The molecular weight excluding hydrogens is 272 g/mol. The van der Waals surface area contributed by atoms with E-state index in [9.17, 15) is 0 Å². The van der Waals surface area contributed by atoms with Gasteiger partial charge in [-0.15, -0.1) is 11.3 Å². The molecule has 0 radical (unpaired) electrons. The Morgan fingerprint density at radius 2 is 2.27 bits per heavy atom. The summed E-state index contributed by atoms with van der Waals surface area (Å²) >= 11 is 5.23. The first kappa shape index (κ1) is 11.4. The molecule has 1 aromatic rings. The van der Waals surface area contributed by atoms with E-state index in [-0.39, 0.29) is 0 Å². The zero-order chi connectivity index (χ0) is 10.5. The Balaban J connectivity index is 1.65. The molecule has 2 heterocycles. The van der Waals surface area contributed by atoms with Gasteiger partial charge in [0.2, 0.25) is 0 Å². The second-order valence-electron chi connectivity index (χ2n) is 4.04. The van der Waals surface area contributed by atoms with Crippen LogP contribution in [0.2, 0.25) is 0 Å². The minimum absolute atomic E-state index is 0.919. The predicted octanol–water partition coefficient (Wildman–Crippen LogP) is 3.31. The standard InChI is InChI=1S/C11H17BrN2S/c12-10-7-11(15-8-10)14-6-3-9-1-4-13-5-2-9/h7-9,13-14H,1-6H2. The van der Waals surface area contributed by atoms with E-state index in [2.05, 4.69) is 38.0 Å². The van der Waals surface area contributed by atoms with E-state index < -0.39 is 0 Å². The summed E-state index contributed by atoms with van der Waals surface area (Å²) in [5.41, 5.74) is 0. The minimum atomic E-state index is 0.919. The number of hydrogen-bond acceptors (Lipinski definition) is 3. The Kier molecular flexibility index (Phi) is 4.47. The smallest absolute Gasteiger partial charge is 0.0894 e. The summed E-state index contributed by atoms with van der Waals surface area (Å²) < 4.78 is 1.18. The Morgan fingerprint density at radius 1 is 1.47 bits per heavy atom. The molecule has 0 saturated carbocycles. The second kappa shape index (κ2) is 5.87. The van der Waals surface area contributed by atoms with Crippen molar-refractivity contribution in [1.82, 2.24) is 5.32 Å². The zero-order valence-electron chi connectivity index (χ0n) is 8.76. The van der Waals surface area contributed by atoms with Crippen LogP contribution in [0.3, 0.4) is 0 Å². The molecule has 0 bridgehead atoms. The molecule has 0 aromatic carbocycles. The van der Waals surface area contributed by atoms with Crippen molar-refractivity contribution in [1.29, 1.82) is 0 Å². The third kappa shape index (κ3) is 3.78. The number of hydrogen-bond donors (Lipinski definition) is 2. The van der Waals surface area contributed by atoms with Crippen molar-refractivity contribution >= 4 is 32.3 Å². The largest absolute Gasteiger partial charge is 0.377 e. The van der Waals surface area contributed by atoms with E-state index in [1.54, 1.807) is 11.3 Å². The van der Waals surface area contributed by atoms with E-state index in [0.717, 1.165) is 12.5 Å². The fourth-order valence-corrected chi connectivity index (χ4v) is 3.32. The Labute approximate surface area is 104 Å². The Hall–Kier alpha value is -0.0600. The van der Waals surface area contributed by atoms with Crippen LogP contribution in [-0.4, -0.2) is 19.6 Å². The summed E-state index contributed by atoms with van der Waals surface area (Å²) in [6.07, 6.45) is 3.99. The first-order valence-electron chi connectivity index (χ1n) is 5.53. The van der Waals surface area contributed by atoms with Crippen LogP contribution in [0.4, 0.5) is 5.00 Å². The predicted molar refractivity (Wildman–Crippen MR) is 70.7 cm³/mol. The molecule has 1 saturated heterocycles. The highest BCUT2D eigenvalue weighted by Gasteiger charge is 2.12. The average molecular weight is 289 g/mol. The highest BCUT2D eigenvalue weighted by Crippen LogP contribution is 2.25. The number of halogens is 1. The molecule has 0 unspecified atom stereocenters. The molecule has 84 valence electrons. The monoisotopic (exact) mass is 288 g/mol. The first-order valence-corrected chi connectivity index (χ1v) is 7.20. The summed E-state index contributed by atoms with van der Waals surface area (Å²) in [6.45, 7) is 3.52. The van der Waals surface area contributed by atoms with Gasteiger partial charge in [-0.05, 0) is 60.3 Å². The molecule has 0 spiro atoms. The summed E-state index contributed by atoms with van der Waals surface area (Å²) in [5, 5.41) is 10.3. The quantitative estimate of drug-likeness (QED) is 0.888. The Bertz CT molecular complexity index is 295. The maximum absolute atomic E-state index is 3.48. The summed E-state index contributed by atoms with van der Waals surface area (Å²) in [4.78, 5) is 0. The van der Waals surface area contributed by atoms with E-state index >= 15 is 0 Å². The topological polar surface area (TPSA) is 24.1 Å². The van der Waals surface area contributed by atoms with Crippen molar-refractivity contribution in [2.24, 2.45) is 5.92 Å². The van der Waals surface area contributed by atoms with Gasteiger partial charge in [-0.2, -0.15) is 0 Å². The van der Waals surface area contributed by atoms with Crippen LogP contribution in [0.1, 0.15) is 19.3 Å². The van der Waals surface area contributed by atoms with Gasteiger partial charge in [0.05, 0.1) is 5.00 Å². The number of nitrogens with one attached hydrogen (secondary N) is 2. The lowest BCUT2D eigenvalue weighted by Crippen LogP contribution is -2.28. The third-order valence-electron chi connectivity index (χ3n) is 2.88. The van der Waals surface area contributed by atoms with Crippen LogP contribution in [-0.2, 0) is 0 Å². The maximum Gasteiger partial charge on any atom is 0.0894 e. The van der Waals surface area contributed by atoms with Gasteiger partial charge >= 0.3 is 0 Å². The molecule has 1 aromatic heterocycles. The van der Waals surface area contributed by atoms with E-state index in [1.807, 2.05) is 0 Å². The highest BCUT2D eigenvalue weighted by molar-refractivity contribution is 9.10. The van der Waals surface area contributed by atoms with Crippen molar-refractivity contribution in [3.8, 4) is 0 Å². The van der Waals surface area contributed by atoms with E-state index in [4.69, 9.17) is 0 Å². The molecule has 1 aliphatic rings. The normalized spacial score (nSPS) is 17.9. The zero-order valence-corrected chi connectivity index (χ0v) is 11.2. The summed E-state index contributed by atoms with van der Waals surface area (Å²) in [6, 6.07) is 2.15. The van der Waals surface area contributed by atoms with Gasteiger partial charge < -0.3 is 10.6 Å². The molecule has 15 heavy (non-hydrogen) atoms. The van der Waals surface area contributed by atoms with Gasteiger partial charge in [-0.1, -0.05) is 0 Å². The molecular formula is C11H17BrN2S. The van der Waals surface area contributed by atoms with Gasteiger partial charge in [0.15, 0.2) is 0 Å². The van der Waals surface area contributed by atoms with Crippen LogP contribution in [0.25, 0.3) is 0 Å². The van der Waals surface area contributed by atoms with Gasteiger partial charge in [-0.25, -0.2) is 0 Å². The van der Waals surface area contributed by atoms with Crippen molar-refractivity contribution in [3.05, 3.63) is 15.9 Å². The first-order chi connectivity index (χ1) is 7.34. The van der Waals surface area contributed by atoms with Crippen LogP contribution in [0.5, 0.6) is 0 Å². The second-order valence-corrected chi connectivity index (χ2v) is 5.86. The fourth-order valence-electron chi connectivity index (χ4n) is 1.98. The van der Waals surface area contributed by atoms with Gasteiger partial charge in [0, 0.05) is 16.4 Å². The molecule has 0 amide bonds. The molecule has 1 fully saturated rings. The molecule has 2 N–H and O–H groups in total. The van der Waals surface area contributed by atoms with E-state index in [0.29, 0.717) is 0 Å². The average Bonchev–Trinajstić information content (AvgIpc) is 2.66. The van der Waals surface area contributed by atoms with Gasteiger partial charge in [-0.3, -0.25) is 0 Å². The number of anilines is 1. The summed E-state index contributed by atoms with van der Waals surface area (Å²) in [5.74, 6) is 0.919. The van der Waals surface area contributed by atoms with Crippen LogP contribution >= 0.6 is 27.3 Å². The van der Waals surface area contributed by atoms with Crippen molar-refractivity contribution < 1.29 is 0 Å². The number of rotatable bonds is 4. The van der Waals surface area contributed by atoms with Crippen molar-refractivity contribution in [2.75, 3.05) is 25.0 Å². The maximum atomic E-state index is 3.48.